The second-order valence-electron chi connectivity index (χ2n) is 2.59. The highest BCUT2D eigenvalue weighted by Gasteiger charge is 1.91. The molecule has 0 saturated heterocycles. The van der Waals surface area contributed by atoms with E-state index in [0.29, 0.717) is 0 Å². The smallest absolute Gasteiger partial charge is 0.0105 e. The van der Waals surface area contributed by atoms with Gasteiger partial charge in [-0.15, -0.1) is 8.58 Å². The summed E-state index contributed by atoms with van der Waals surface area (Å²) in [5, 5.41) is 0. The second-order valence-corrected chi connectivity index (χ2v) is 5.27. The number of hydrogen-bond acceptors (Lipinski definition) is 1. The van der Waals surface area contributed by atoms with Gasteiger partial charge in [0.1, 0.15) is 0 Å². The number of thioether (sulfide) groups is 1. The van der Waals surface area contributed by atoms with E-state index < -0.39 is 0 Å². The summed E-state index contributed by atoms with van der Waals surface area (Å²) < 4.78 is 0. The third-order valence-corrected chi connectivity index (χ3v) is 3.58. The van der Waals surface area contributed by atoms with Gasteiger partial charge in [-0.05, 0) is 24.8 Å². The van der Waals surface area contributed by atoms with Crippen LogP contribution in [0.1, 0.15) is 20.3 Å². The molecule has 0 spiro atoms. The van der Waals surface area contributed by atoms with Gasteiger partial charge in [0.05, 0.1) is 0 Å². The topological polar surface area (TPSA) is 0 Å². The third-order valence-electron chi connectivity index (χ3n) is 1.09. The maximum absolute atomic E-state index is 2.29. The molecule has 0 radical (unpaired) electrons. The molecule has 0 amide bonds. The first kappa shape index (κ1) is 9.78. The molecule has 0 nitrogen and oxygen atoms in total. The quantitative estimate of drug-likeness (QED) is 0.444. The summed E-state index contributed by atoms with van der Waals surface area (Å²) in [7, 11) is 1.12. The molecule has 0 aliphatic heterocycles. The fourth-order valence-corrected chi connectivity index (χ4v) is 2.53. The van der Waals surface area contributed by atoms with Crippen molar-refractivity contribution in [3.05, 3.63) is 0 Å². The molecule has 2 heteroatoms. The van der Waals surface area contributed by atoms with Gasteiger partial charge >= 0.3 is 0 Å². The van der Waals surface area contributed by atoms with E-state index in [4.69, 9.17) is 0 Å². The van der Waals surface area contributed by atoms with E-state index in [1.165, 1.54) is 17.7 Å². The van der Waals surface area contributed by atoms with Gasteiger partial charge < -0.3 is 0 Å². The van der Waals surface area contributed by atoms with Gasteiger partial charge in [0.25, 0.3) is 0 Å². The molecule has 1 atom stereocenters. The molecule has 0 aromatic heterocycles. The van der Waals surface area contributed by atoms with Gasteiger partial charge in [-0.2, -0.15) is 11.8 Å². The van der Waals surface area contributed by atoms with Crippen LogP contribution >= 0.6 is 20.3 Å². The van der Waals surface area contributed by atoms with Crippen molar-refractivity contribution in [2.75, 3.05) is 17.9 Å². The van der Waals surface area contributed by atoms with Crippen LogP contribution in [0, 0.1) is 5.92 Å². The Hall–Kier alpha value is 0.780. The van der Waals surface area contributed by atoms with Crippen molar-refractivity contribution in [1.82, 2.24) is 0 Å². The predicted molar refractivity (Wildman–Crippen MR) is 51.0 cm³/mol. The monoisotopic (exact) mass is 164 g/mol. The number of rotatable bonds is 5. The Kier molecular flexibility index (Phi) is 7.49. The summed E-state index contributed by atoms with van der Waals surface area (Å²) >= 11 is 2.09. The fourth-order valence-electron chi connectivity index (χ4n) is 0.493. The van der Waals surface area contributed by atoms with Crippen molar-refractivity contribution < 1.29 is 0 Å². The van der Waals surface area contributed by atoms with Gasteiger partial charge in [-0.3, -0.25) is 0 Å². The first-order chi connectivity index (χ1) is 4.27. The average molecular weight is 164 g/mol. The van der Waals surface area contributed by atoms with Gasteiger partial charge in [0.2, 0.25) is 0 Å². The van der Waals surface area contributed by atoms with E-state index in [0.717, 1.165) is 14.5 Å². The first-order valence-corrected chi connectivity index (χ1v) is 6.36. The summed E-state index contributed by atoms with van der Waals surface area (Å²) in [5.74, 6) is 2.25. The van der Waals surface area contributed by atoms with Crippen LogP contribution in [-0.4, -0.2) is 17.9 Å². The Morgan fingerprint density at radius 2 is 2.11 bits per heavy atom. The van der Waals surface area contributed by atoms with Crippen LogP contribution in [0.15, 0.2) is 0 Å². The van der Waals surface area contributed by atoms with Crippen molar-refractivity contribution in [2.45, 2.75) is 20.3 Å². The van der Waals surface area contributed by atoms with Crippen LogP contribution in [-0.2, 0) is 0 Å². The van der Waals surface area contributed by atoms with E-state index in [9.17, 15) is 0 Å². The molecule has 0 aliphatic rings. The standard InChI is InChI=1S/C7H17PS/c1-7(2)4-5-9-6-8-3/h7-8H,4-6H2,1-3H3. The van der Waals surface area contributed by atoms with Crippen LogP contribution in [0.2, 0.25) is 0 Å². The normalized spacial score (nSPS) is 12.0. The highest BCUT2D eigenvalue weighted by molar-refractivity contribution is 8.03. The highest BCUT2D eigenvalue weighted by atomic mass is 32.2. The molecule has 0 fully saturated rings. The minimum atomic E-state index is 0.887. The van der Waals surface area contributed by atoms with Crippen molar-refractivity contribution in [3.8, 4) is 0 Å². The zero-order chi connectivity index (χ0) is 7.11. The molecule has 0 aliphatic carbocycles. The Morgan fingerprint density at radius 3 is 2.56 bits per heavy atom. The summed E-state index contributed by atoms with van der Waals surface area (Å²) in [5.41, 5.74) is 1.37. The predicted octanol–water partition coefficient (Wildman–Crippen LogP) is 3.03. The van der Waals surface area contributed by atoms with Crippen molar-refractivity contribution >= 4 is 20.3 Å². The molecule has 9 heavy (non-hydrogen) atoms. The molecule has 0 heterocycles. The Balaban J connectivity index is 2.75. The minimum absolute atomic E-state index is 0.887. The molecule has 0 aromatic rings. The lowest BCUT2D eigenvalue weighted by atomic mass is 10.2. The van der Waals surface area contributed by atoms with Gasteiger partial charge in [0, 0.05) is 5.49 Å². The molecule has 0 rings (SSSR count). The highest BCUT2D eigenvalue weighted by Crippen LogP contribution is 2.16. The molecule has 0 saturated carbocycles. The van der Waals surface area contributed by atoms with Crippen molar-refractivity contribution in [1.29, 1.82) is 0 Å². The van der Waals surface area contributed by atoms with Crippen molar-refractivity contribution in [2.24, 2.45) is 5.92 Å². The molecule has 56 valence electrons. The van der Waals surface area contributed by atoms with E-state index in [-0.39, 0.29) is 0 Å². The Bertz CT molecular complexity index is 54.9. The van der Waals surface area contributed by atoms with E-state index in [2.05, 4.69) is 32.3 Å². The molecule has 0 bridgehead atoms. The van der Waals surface area contributed by atoms with Gasteiger partial charge in [-0.25, -0.2) is 0 Å². The van der Waals surface area contributed by atoms with Gasteiger partial charge in [-0.1, -0.05) is 13.8 Å². The summed E-state index contributed by atoms with van der Waals surface area (Å²) in [6, 6.07) is 0. The lowest BCUT2D eigenvalue weighted by Gasteiger charge is -2.01. The van der Waals surface area contributed by atoms with Crippen molar-refractivity contribution in [3.63, 3.8) is 0 Å². The van der Waals surface area contributed by atoms with Crippen LogP contribution in [0.4, 0.5) is 0 Å². The van der Waals surface area contributed by atoms with Gasteiger partial charge in [0.15, 0.2) is 0 Å². The second kappa shape index (κ2) is 6.89. The van der Waals surface area contributed by atoms with Crippen LogP contribution in [0.5, 0.6) is 0 Å². The maximum atomic E-state index is 2.29. The van der Waals surface area contributed by atoms with E-state index >= 15 is 0 Å². The lowest BCUT2D eigenvalue weighted by molar-refractivity contribution is 0.632. The zero-order valence-electron chi connectivity index (χ0n) is 6.61. The lowest BCUT2D eigenvalue weighted by Crippen LogP contribution is -1.88. The largest absolute Gasteiger partial charge is 0.158 e. The molecule has 0 N–H and O–H groups in total. The zero-order valence-corrected chi connectivity index (χ0v) is 8.42. The third kappa shape index (κ3) is 8.78. The summed E-state index contributed by atoms with van der Waals surface area (Å²) in [4.78, 5) is 0. The Labute approximate surface area is 65.0 Å². The maximum Gasteiger partial charge on any atom is 0.0105 e. The minimum Gasteiger partial charge on any atom is -0.158 e. The van der Waals surface area contributed by atoms with Crippen LogP contribution < -0.4 is 0 Å². The average Bonchev–Trinajstić information content (AvgIpc) is 1.80. The van der Waals surface area contributed by atoms with E-state index in [1.807, 2.05) is 0 Å². The molecule has 1 unspecified atom stereocenters. The molecular weight excluding hydrogens is 147 g/mol. The Morgan fingerprint density at radius 1 is 1.44 bits per heavy atom. The first-order valence-electron chi connectivity index (χ1n) is 3.49. The van der Waals surface area contributed by atoms with E-state index in [1.54, 1.807) is 0 Å². The fraction of sp³-hybridized carbons (Fsp3) is 1.00. The summed E-state index contributed by atoms with van der Waals surface area (Å²) in [6.07, 6.45) is 1.38. The summed E-state index contributed by atoms with van der Waals surface area (Å²) in [6.45, 7) is 6.84. The SMILES string of the molecule is CPCSCCC(C)C. The molecular formula is C7H17PS. The number of hydrogen-bond donors (Lipinski definition) is 0. The van der Waals surface area contributed by atoms with Crippen LogP contribution in [0.3, 0.4) is 0 Å². The van der Waals surface area contributed by atoms with Crippen LogP contribution in [0.25, 0.3) is 0 Å². The molecule has 0 aromatic carbocycles.